The van der Waals surface area contributed by atoms with Crippen LogP contribution in [-0.4, -0.2) is 28.1 Å². The number of hydrogen-bond acceptors (Lipinski definition) is 5. The molecule has 4 nitrogen and oxygen atoms in total. The first-order valence-corrected chi connectivity index (χ1v) is 7.33. The highest BCUT2D eigenvalue weighted by molar-refractivity contribution is 7.10. The molecule has 2 rings (SSSR count). The van der Waals surface area contributed by atoms with E-state index in [0.717, 1.165) is 40.9 Å². The maximum atomic E-state index is 6.17. The van der Waals surface area contributed by atoms with Crippen molar-refractivity contribution in [2.24, 2.45) is 0 Å². The van der Waals surface area contributed by atoms with Crippen LogP contribution in [-0.2, 0) is 13.1 Å². The second-order valence-electron chi connectivity index (χ2n) is 4.34. The van der Waals surface area contributed by atoms with Crippen LogP contribution >= 0.6 is 23.1 Å². The summed E-state index contributed by atoms with van der Waals surface area (Å²) in [5, 5.41) is 9.30. The molecular weight excluding hydrogens is 280 g/mol. The van der Waals surface area contributed by atoms with Crippen molar-refractivity contribution in [3.63, 3.8) is 0 Å². The van der Waals surface area contributed by atoms with E-state index in [9.17, 15) is 0 Å². The van der Waals surface area contributed by atoms with Crippen molar-refractivity contribution < 1.29 is 0 Å². The molecule has 1 aromatic heterocycles. The maximum absolute atomic E-state index is 6.17. The van der Waals surface area contributed by atoms with Gasteiger partial charge in [0.1, 0.15) is 10.7 Å². The Morgan fingerprint density at radius 1 is 1.32 bits per heavy atom. The number of halogens is 1. The average molecular weight is 297 g/mol. The van der Waals surface area contributed by atoms with E-state index in [1.54, 1.807) is 0 Å². The van der Waals surface area contributed by atoms with Crippen LogP contribution in [0.25, 0.3) is 0 Å². The molecule has 0 aliphatic rings. The van der Waals surface area contributed by atoms with Gasteiger partial charge in [-0.25, -0.2) is 0 Å². The van der Waals surface area contributed by atoms with Crippen LogP contribution in [0.4, 0.5) is 5.00 Å². The first-order valence-electron chi connectivity index (χ1n) is 6.17. The number of hydrogen-bond donors (Lipinski definition) is 1. The monoisotopic (exact) mass is 296 g/mol. The van der Waals surface area contributed by atoms with Gasteiger partial charge in [-0.1, -0.05) is 34.3 Å². The summed E-state index contributed by atoms with van der Waals surface area (Å²) in [5.41, 5.74) is 2.11. The van der Waals surface area contributed by atoms with Crippen molar-refractivity contribution in [3.8, 4) is 0 Å². The van der Waals surface area contributed by atoms with Crippen LogP contribution in [0.15, 0.2) is 24.3 Å². The van der Waals surface area contributed by atoms with Gasteiger partial charge < -0.3 is 5.32 Å². The van der Waals surface area contributed by atoms with E-state index in [2.05, 4.69) is 33.8 Å². The second-order valence-corrected chi connectivity index (χ2v) is 5.50. The summed E-state index contributed by atoms with van der Waals surface area (Å²) in [6, 6.07) is 7.91. The lowest BCUT2D eigenvalue weighted by Crippen LogP contribution is -2.18. The van der Waals surface area contributed by atoms with Crippen LogP contribution in [0.3, 0.4) is 0 Å². The van der Waals surface area contributed by atoms with Crippen molar-refractivity contribution in [2.75, 3.05) is 18.9 Å². The predicted octanol–water partition coefficient (Wildman–Crippen LogP) is 3.26. The molecule has 1 heterocycles. The third-order valence-electron chi connectivity index (χ3n) is 2.71. The Bertz CT molecular complexity index is 529. The Balaban J connectivity index is 1.99. The molecule has 1 aromatic carbocycles. The summed E-state index contributed by atoms with van der Waals surface area (Å²) in [5.74, 6) is 0. The second kappa shape index (κ2) is 6.84. The number of nitrogens with zero attached hydrogens (tertiary/aromatic N) is 3. The van der Waals surface area contributed by atoms with Crippen LogP contribution < -0.4 is 5.32 Å². The van der Waals surface area contributed by atoms with Crippen LogP contribution in [0.2, 0.25) is 5.02 Å². The molecule has 0 aliphatic carbocycles. The number of rotatable bonds is 6. The molecule has 0 aliphatic heterocycles. The summed E-state index contributed by atoms with van der Waals surface area (Å²) in [6.45, 7) is 4.49. The smallest absolute Gasteiger partial charge is 0.134 e. The van der Waals surface area contributed by atoms with E-state index in [-0.39, 0.29) is 0 Å². The minimum Gasteiger partial charge on any atom is -0.374 e. The van der Waals surface area contributed by atoms with Crippen molar-refractivity contribution >= 4 is 28.1 Å². The van der Waals surface area contributed by atoms with Crippen LogP contribution in [0.1, 0.15) is 18.2 Å². The van der Waals surface area contributed by atoms with E-state index in [4.69, 9.17) is 11.6 Å². The number of benzene rings is 1. The lowest BCUT2D eigenvalue weighted by Gasteiger charge is -2.16. The minimum atomic E-state index is 0.754. The summed E-state index contributed by atoms with van der Waals surface area (Å²) in [4.78, 5) is 2.18. The number of anilines is 1. The number of aromatic nitrogens is 2. The molecule has 6 heteroatoms. The molecule has 19 heavy (non-hydrogen) atoms. The van der Waals surface area contributed by atoms with Gasteiger partial charge >= 0.3 is 0 Å². The quantitative estimate of drug-likeness (QED) is 0.888. The van der Waals surface area contributed by atoms with E-state index in [1.807, 2.05) is 24.3 Å². The Morgan fingerprint density at radius 2 is 2.11 bits per heavy atom. The molecule has 1 N–H and O–H groups in total. The van der Waals surface area contributed by atoms with Crippen molar-refractivity contribution in [2.45, 2.75) is 20.0 Å². The molecule has 0 spiro atoms. The maximum Gasteiger partial charge on any atom is 0.134 e. The van der Waals surface area contributed by atoms with Gasteiger partial charge in [-0.2, -0.15) is 0 Å². The largest absolute Gasteiger partial charge is 0.374 e. The van der Waals surface area contributed by atoms with Gasteiger partial charge in [-0.3, -0.25) is 4.90 Å². The zero-order valence-corrected chi connectivity index (χ0v) is 12.6. The first-order chi connectivity index (χ1) is 9.20. The fraction of sp³-hybridized carbons (Fsp3) is 0.385. The van der Waals surface area contributed by atoms with Gasteiger partial charge in [0.05, 0.1) is 0 Å². The van der Waals surface area contributed by atoms with Gasteiger partial charge in [0, 0.05) is 36.2 Å². The molecular formula is C13H17ClN4S. The highest BCUT2D eigenvalue weighted by Crippen LogP contribution is 2.21. The highest BCUT2D eigenvalue weighted by Gasteiger charge is 2.11. The summed E-state index contributed by atoms with van der Waals surface area (Å²) >= 11 is 7.57. The molecule has 102 valence electrons. The van der Waals surface area contributed by atoms with Crippen LogP contribution in [0, 0.1) is 0 Å². The first kappa shape index (κ1) is 14.2. The molecule has 0 bridgehead atoms. The van der Waals surface area contributed by atoms with E-state index in [0.29, 0.717) is 0 Å². The summed E-state index contributed by atoms with van der Waals surface area (Å²) in [7, 11) is 2.05. The molecule has 2 aromatic rings. The minimum absolute atomic E-state index is 0.754. The average Bonchev–Trinajstić information content (AvgIpc) is 2.80. The Hall–Kier alpha value is -1.17. The zero-order chi connectivity index (χ0) is 13.7. The van der Waals surface area contributed by atoms with E-state index >= 15 is 0 Å². The molecule has 0 saturated carbocycles. The summed E-state index contributed by atoms with van der Waals surface area (Å²) in [6.07, 6.45) is 0. The van der Waals surface area contributed by atoms with Gasteiger partial charge in [0.25, 0.3) is 0 Å². The topological polar surface area (TPSA) is 41.1 Å². The van der Waals surface area contributed by atoms with E-state index < -0.39 is 0 Å². The normalized spacial score (nSPS) is 10.9. The van der Waals surface area contributed by atoms with Crippen molar-refractivity contribution in [1.82, 2.24) is 14.5 Å². The van der Waals surface area contributed by atoms with Gasteiger partial charge in [0.2, 0.25) is 0 Å². The fourth-order valence-corrected chi connectivity index (χ4v) is 2.67. The molecule has 0 fully saturated rings. The zero-order valence-electron chi connectivity index (χ0n) is 11.1. The molecule has 0 radical (unpaired) electrons. The Labute approximate surface area is 122 Å². The fourth-order valence-electron chi connectivity index (χ4n) is 1.84. The van der Waals surface area contributed by atoms with Gasteiger partial charge in [0.15, 0.2) is 0 Å². The Morgan fingerprint density at radius 3 is 2.84 bits per heavy atom. The van der Waals surface area contributed by atoms with Crippen LogP contribution in [0.5, 0.6) is 0 Å². The molecule has 0 atom stereocenters. The third kappa shape index (κ3) is 3.89. The standard InChI is InChI=1S/C13H17ClN4S/c1-3-15-13-12(16-17-19-13)9-18(2)8-10-6-4-5-7-11(10)14/h4-7,15H,3,8-9H2,1-2H3. The summed E-state index contributed by atoms with van der Waals surface area (Å²) < 4.78 is 3.99. The van der Waals surface area contributed by atoms with Crippen molar-refractivity contribution in [1.29, 1.82) is 0 Å². The molecule has 0 amide bonds. The molecule has 0 unspecified atom stereocenters. The number of nitrogens with one attached hydrogen (secondary N) is 1. The SMILES string of the molecule is CCNc1snnc1CN(C)Cc1ccccc1Cl. The van der Waals surface area contributed by atoms with Gasteiger partial charge in [-0.15, -0.1) is 5.10 Å². The van der Waals surface area contributed by atoms with E-state index in [1.165, 1.54) is 11.5 Å². The predicted molar refractivity (Wildman–Crippen MR) is 80.7 cm³/mol. The molecule has 0 saturated heterocycles. The highest BCUT2D eigenvalue weighted by atomic mass is 35.5. The van der Waals surface area contributed by atoms with Gasteiger partial charge in [-0.05, 0) is 25.6 Å². The van der Waals surface area contributed by atoms with Crippen molar-refractivity contribution in [3.05, 3.63) is 40.5 Å². The third-order valence-corrected chi connectivity index (χ3v) is 3.81. The Kier molecular flexibility index (Phi) is 5.13. The lowest BCUT2D eigenvalue weighted by atomic mass is 10.2. The lowest BCUT2D eigenvalue weighted by molar-refractivity contribution is 0.315.